The van der Waals surface area contributed by atoms with Crippen molar-refractivity contribution in [2.24, 2.45) is 5.41 Å². The van der Waals surface area contributed by atoms with Crippen LogP contribution in [0.1, 0.15) is 41.2 Å². The Morgan fingerprint density at radius 3 is 2.15 bits per heavy atom. The minimum absolute atomic E-state index is 0.0751. The average molecular weight is 476 g/mol. The number of fused-ring (bicyclic) bond motifs is 1. The SMILES string of the molecule is CC(C)(CC(=O)c1ccc(-c2ccc(NC(=O)c3cc4cc(Cl)ccc4o3)cc2)cc1)C(=O)O. The van der Waals surface area contributed by atoms with Gasteiger partial charge in [0.05, 0.1) is 5.41 Å². The predicted molar refractivity (Wildman–Crippen MR) is 131 cm³/mol. The number of carboxylic acid groups (broad SMARTS) is 1. The highest BCUT2D eigenvalue weighted by molar-refractivity contribution is 6.31. The topological polar surface area (TPSA) is 96.6 Å². The number of furan rings is 1. The average Bonchev–Trinajstić information content (AvgIpc) is 3.23. The van der Waals surface area contributed by atoms with E-state index in [1.807, 2.05) is 24.3 Å². The predicted octanol–water partition coefficient (Wildman–Crippen LogP) is 6.69. The molecule has 4 aromatic rings. The Morgan fingerprint density at radius 2 is 1.53 bits per heavy atom. The van der Waals surface area contributed by atoms with Crippen LogP contribution in [0.25, 0.3) is 22.1 Å². The number of aliphatic carboxylic acids is 1. The lowest BCUT2D eigenvalue weighted by Gasteiger charge is -2.17. The summed E-state index contributed by atoms with van der Waals surface area (Å²) in [6.07, 6.45) is -0.0751. The summed E-state index contributed by atoms with van der Waals surface area (Å²) in [7, 11) is 0. The molecule has 3 aromatic carbocycles. The van der Waals surface area contributed by atoms with Crippen LogP contribution >= 0.6 is 11.6 Å². The minimum atomic E-state index is -1.12. The standard InChI is InChI=1S/C27H22ClNO5/c1-27(2,26(32)33)15-22(30)18-5-3-16(4-6-18)17-7-10-21(11-8-17)29-25(31)24-14-19-13-20(28)9-12-23(19)34-24/h3-14H,15H2,1-2H3,(H,29,31)(H,32,33). The highest BCUT2D eigenvalue weighted by Gasteiger charge is 2.30. The van der Waals surface area contributed by atoms with Gasteiger partial charge in [-0.1, -0.05) is 48.0 Å². The van der Waals surface area contributed by atoms with Crippen LogP contribution in [-0.2, 0) is 4.79 Å². The van der Waals surface area contributed by atoms with Crippen LogP contribution in [0, 0.1) is 5.41 Å². The number of hydrogen-bond acceptors (Lipinski definition) is 4. The number of halogens is 1. The minimum Gasteiger partial charge on any atom is -0.481 e. The number of rotatable bonds is 7. The molecule has 1 aromatic heterocycles. The number of ketones is 1. The molecule has 172 valence electrons. The molecule has 1 amide bonds. The molecule has 2 N–H and O–H groups in total. The van der Waals surface area contributed by atoms with Crippen LogP contribution in [0.5, 0.6) is 0 Å². The van der Waals surface area contributed by atoms with E-state index in [9.17, 15) is 19.5 Å². The molecule has 0 unspecified atom stereocenters. The summed E-state index contributed by atoms with van der Waals surface area (Å²) >= 11 is 5.98. The number of nitrogens with one attached hydrogen (secondary N) is 1. The lowest BCUT2D eigenvalue weighted by molar-refractivity contribution is -0.146. The molecule has 0 radical (unpaired) electrons. The van der Waals surface area contributed by atoms with Crippen LogP contribution in [0.15, 0.2) is 77.2 Å². The van der Waals surface area contributed by atoms with E-state index in [0.29, 0.717) is 21.9 Å². The number of carbonyl (C=O) groups is 3. The summed E-state index contributed by atoms with van der Waals surface area (Å²) in [5.41, 5.74) is 2.33. The molecule has 0 atom stereocenters. The maximum Gasteiger partial charge on any atom is 0.309 e. The van der Waals surface area contributed by atoms with Crippen LogP contribution in [0.2, 0.25) is 5.02 Å². The molecule has 0 aliphatic heterocycles. The van der Waals surface area contributed by atoms with Crippen LogP contribution in [-0.4, -0.2) is 22.8 Å². The first-order chi connectivity index (χ1) is 16.1. The number of Topliss-reactive ketones (excluding diaryl/α,β-unsaturated/α-hetero) is 1. The largest absolute Gasteiger partial charge is 0.481 e. The van der Waals surface area contributed by atoms with Gasteiger partial charge < -0.3 is 14.8 Å². The zero-order chi connectivity index (χ0) is 24.5. The van der Waals surface area contributed by atoms with E-state index in [0.717, 1.165) is 16.5 Å². The third kappa shape index (κ3) is 5.02. The number of benzene rings is 3. The van der Waals surface area contributed by atoms with Gasteiger partial charge in [-0.3, -0.25) is 14.4 Å². The Hall–Kier alpha value is -3.90. The Bertz CT molecular complexity index is 1390. The van der Waals surface area contributed by atoms with Crippen molar-refractivity contribution in [3.63, 3.8) is 0 Å². The summed E-state index contributed by atoms with van der Waals surface area (Å²) in [6, 6.07) is 21.1. The van der Waals surface area contributed by atoms with Gasteiger partial charge in [0, 0.05) is 28.1 Å². The second kappa shape index (κ2) is 9.15. The number of anilines is 1. The van der Waals surface area contributed by atoms with Crippen molar-refractivity contribution in [1.29, 1.82) is 0 Å². The maximum atomic E-state index is 12.6. The van der Waals surface area contributed by atoms with Gasteiger partial charge in [0.25, 0.3) is 5.91 Å². The Morgan fingerprint density at radius 1 is 0.912 bits per heavy atom. The highest BCUT2D eigenvalue weighted by atomic mass is 35.5. The second-order valence-electron chi connectivity index (χ2n) is 8.69. The molecule has 0 spiro atoms. The number of hydrogen-bond donors (Lipinski definition) is 2. The lowest BCUT2D eigenvalue weighted by Crippen LogP contribution is -2.26. The van der Waals surface area contributed by atoms with Crippen molar-refractivity contribution in [1.82, 2.24) is 0 Å². The van der Waals surface area contributed by atoms with Gasteiger partial charge in [-0.15, -0.1) is 0 Å². The molecule has 34 heavy (non-hydrogen) atoms. The molecule has 4 rings (SSSR count). The summed E-state index contributed by atoms with van der Waals surface area (Å²) in [5, 5.41) is 13.4. The normalized spacial score (nSPS) is 11.4. The van der Waals surface area contributed by atoms with Gasteiger partial charge in [-0.25, -0.2) is 0 Å². The molecule has 0 saturated carbocycles. The van der Waals surface area contributed by atoms with E-state index >= 15 is 0 Å². The van der Waals surface area contributed by atoms with E-state index in [2.05, 4.69) is 5.32 Å². The van der Waals surface area contributed by atoms with E-state index in [-0.39, 0.29) is 23.9 Å². The third-order valence-electron chi connectivity index (χ3n) is 5.57. The van der Waals surface area contributed by atoms with Gasteiger partial charge in [0.2, 0.25) is 0 Å². The second-order valence-corrected chi connectivity index (χ2v) is 9.13. The van der Waals surface area contributed by atoms with Crippen molar-refractivity contribution >= 4 is 45.9 Å². The van der Waals surface area contributed by atoms with Crippen LogP contribution < -0.4 is 5.32 Å². The molecule has 0 fully saturated rings. The van der Waals surface area contributed by atoms with Crippen molar-refractivity contribution < 1.29 is 23.9 Å². The quantitative estimate of drug-likeness (QED) is 0.290. The first-order valence-corrected chi connectivity index (χ1v) is 11.0. The zero-order valence-corrected chi connectivity index (χ0v) is 19.3. The molecular weight excluding hydrogens is 454 g/mol. The third-order valence-corrected chi connectivity index (χ3v) is 5.80. The summed E-state index contributed by atoms with van der Waals surface area (Å²) in [5.74, 6) is -1.40. The van der Waals surface area contributed by atoms with Crippen LogP contribution in [0.3, 0.4) is 0 Å². The fourth-order valence-electron chi connectivity index (χ4n) is 3.49. The molecule has 1 heterocycles. The maximum absolute atomic E-state index is 12.6. The summed E-state index contributed by atoms with van der Waals surface area (Å²) in [6.45, 7) is 3.07. The van der Waals surface area contributed by atoms with E-state index in [4.69, 9.17) is 16.0 Å². The van der Waals surface area contributed by atoms with Crippen molar-refractivity contribution in [3.8, 4) is 11.1 Å². The molecule has 0 saturated heterocycles. The summed E-state index contributed by atoms with van der Waals surface area (Å²) in [4.78, 5) is 36.3. The van der Waals surface area contributed by atoms with E-state index in [1.54, 1.807) is 48.5 Å². The fourth-order valence-corrected chi connectivity index (χ4v) is 3.67. The van der Waals surface area contributed by atoms with Gasteiger partial charge in [0.1, 0.15) is 5.58 Å². The van der Waals surface area contributed by atoms with Crippen molar-refractivity contribution in [2.75, 3.05) is 5.32 Å². The zero-order valence-electron chi connectivity index (χ0n) is 18.6. The molecular formula is C27H22ClNO5. The number of carboxylic acids is 1. The molecule has 6 nitrogen and oxygen atoms in total. The first kappa shape index (κ1) is 23.3. The highest BCUT2D eigenvalue weighted by Crippen LogP contribution is 2.27. The smallest absolute Gasteiger partial charge is 0.309 e. The van der Waals surface area contributed by atoms with E-state index < -0.39 is 11.4 Å². The molecule has 0 bridgehead atoms. The van der Waals surface area contributed by atoms with Crippen molar-refractivity contribution in [3.05, 3.63) is 89.1 Å². The fraction of sp³-hybridized carbons (Fsp3) is 0.148. The van der Waals surface area contributed by atoms with Gasteiger partial charge in [-0.2, -0.15) is 0 Å². The Balaban J connectivity index is 1.43. The van der Waals surface area contributed by atoms with Crippen molar-refractivity contribution in [2.45, 2.75) is 20.3 Å². The van der Waals surface area contributed by atoms with E-state index in [1.165, 1.54) is 13.8 Å². The Labute approximate surface area is 201 Å². The number of amides is 1. The molecule has 0 aliphatic carbocycles. The van der Waals surface area contributed by atoms with Gasteiger partial charge >= 0.3 is 5.97 Å². The lowest BCUT2D eigenvalue weighted by atomic mass is 9.85. The Kier molecular flexibility index (Phi) is 6.26. The molecule has 7 heteroatoms. The van der Waals surface area contributed by atoms with Crippen LogP contribution in [0.4, 0.5) is 5.69 Å². The van der Waals surface area contributed by atoms with Gasteiger partial charge in [-0.05, 0) is 61.4 Å². The summed E-state index contributed by atoms with van der Waals surface area (Å²) < 4.78 is 5.59. The monoisotopic (exact) mass is 475 g/mol. The van der Waals surface area contributed by atoms with Gasteiger partial charge in [0.15, 0.2) is 11.5 Å². The first-order valence-electron chi connectivity index (χ1n) is 10.6. The molecule has 0 aliphatic rings. The number of carbonyl (C=O) groups excluding carboxylic acids is 2.